The first-order chi connectivity index (χ1) is 8.88. The maximum atomic E-state index is 5.65. The summed E-state index contributed by atoms with van der Waals surface area (Å²) in [6, 6.07) is 12.2. The van der Waals surface area contributed by atoms with E-state index in [-0.39, 0.29) is 0 Å². The fourth-order valence-electron chi connectivity index (χ4n) is 1.85. The van der Waals surface area contributed by atoms with Crippen molar-refractivity contribution in [3.8, 4) is 0 Å². The summed E-state index contributed by atoms with van der Waals surface area (Å²) in [6.45, 7) is 3.08. The van der Waals surface area contributed by atoms with Gasteiger partial charge in [0, 0.05) is 32.0 Å². The molecule has 0 atom stereocenters. The molecule has 1 heterocycles. The van der Waals surface area contributed by atoms with Crippen LogP contribution in [0.4, 0.5) is 0 Å². The average molecular weight is 242 g/mol. The van der Waals surface area contributed by atoms with Gasteiger partial charge in [0.15, 0.2) is 0 Å². The number of benzene rings is 1. The first kappa shape index (κ1) is 12.7. The molecule has 4 nitrogen and oxygen atoms in total. The molecule has 0 amide bonds. The van der Waals surface area contributed by atoms with Crippen molar-refractivity contribution in [2.24, 2.45) is 5.73 Å². The molecule has 1 aromatic carbocycles. The highest BCUT2D eigenvalue weighted by Gasteiger charge is 2.07. The van der Waals surface area contributed by atoms with E-state index in [4.69, 9.17) is 5.73 Å². The van der Waals surface area contributed by atoms with Gasteiger partial charge in [-0.05, 0) is 11.6 Å². The summed E-state index contributed by atoms with van der Waals surface area (Å²) in [6.07, 6.45) is 3.54. The highest BCUT2D eigenvalue weighted by atomic mass is 15.1. The van der Waals surface area contributed by atoms with Gasteiger partial charge in [0.25, 0.3) is 0 Å². The predicted octanol–water partition coefficient (Wildman–Crippen LogP) is 1.44. The molecule has 0 saturated carbocycles. The Kier molecular flexibility index (Phi) is 4.81. The summed E-state index contributed by atoms with van der Waals surface area (Å²) in [4.78, 5) is 10.8. The lowest BCUT2D eigenvalue weighted by molar-refractivity contribution is 0.257. The van der Waals surface area contributed by atoms with Crippen LogP contribution in [0.25, 0.3) is 0 Å². The lowest BCUT2D eigenvalue weighted by Crippen LogP contribution is -2.29. The van der Waals surface area contributed by atoms with E-state index in [0.29, 0.717) is 6.54 Å². The van der Waals surface area contributed by atoms with E-state index in [0.717, 1.165) is 25.5 Å². The van der Waals surface area contributed by atoms with E-state index >= 15 is 0 Å². The van der Waals surface area contributed by atoms with Gasteiger partial charge in [0.1, 0.15) is 5.82 Å². The number of rotatable bonds is 6. The van der Waals surface area contributed by atoms with E-state index in [1.165, 1.54) is 5.56 Å². The molecule has 0 bridgehead atoms. The summed E-state index contributed by atoms with van der Waals surface area (Å²) in [5.74, 6) is 0.835. The molecule has 0 spiro atoms. The molecule has 4 heteroatoms. The Bertz CT molecular complexity index is 402. The van der Waals surface area contributed by atoms with Crippen molar-refractivity contribution in [1.82, 2.24) is 14.9 Å². The second-order valence-corrected chi connectivity index (χ2v) is 4.15. The molecule has 2 aromatic rings. The molecule has 2 rings (SSSR count). The Hall–Kier alpha value is -1.78. The van der Waals surface area contributed by atoms with Gasteiger partial charge in [0.05, 0.1) is 6.54 Å². The fraction of sp³-hybridized carbons (Fsp3) is 0.286. The van der Waals surface area contributed by atoms with Crippen molar-refractivity contribution in [2.45, 2.75) is 13.1 Å². The third-order valence-electron chi connectivity index (χ3n) is 2.68. The molecular formula is C14H18N4. The summed E-state index contributed by atoms with van der Waals surface area (Å²) >= 11 is 0. The molecular weight excluding hydrogens is 224 g/mol. The molecule has 0 saturated heterocycles. The van der Waals surface area contributed by atoms with Crippen LogP contribution >= 0.6 is 0 Å². The molecule has 0 unspecified atom stereocenters. The van der Waals surface area contributed by atoms with Gasteiger partial charge in [-0.25, -0.2) is 9.97 Å². The smallest absolute Gasteiger partial charge is 0.142 e. The van der Waals surface area contributed by atoms with Crippen LogP contribution in [-0.2, 0) is 13.1 Å². The molecule has 94 valence electrons. The zero-order valence-corrected chi connectivity index (χ0v) is 10.4. The molecule has 0 fully saturated rings. The summed E-state index contributed by atoms with van der Waals surface area (Å²) in [5.41, 5.74) is 6.93. The van der Waals surface area contributed by atoms with E-state index in [2.05, 4.69) is 39.1 Å². The van der Waals surface area contributed by atoms with Crippen LogP contribution < -0.4 is 5.73 Å². The van der Waals surface area contributed by atoms with Gasteiger partial charge < -0.3 is 5.73 Å². The number of aromatic nitrogens is 2. The minimum absolute atomic E-state index is 0.639. The summed E-state index contributed by atoms with van der Waals surface area (Å²) < 4.78 is 0. The average Bonchev–Trinajstić information content (AvgIpc) is 2.41. The van der Waals surface area contributed by atoms with Gasteiger partial charge in [-0.1, -0.05) is 30.3 Å². The van der Waals surface area contributed by atoms with Gasteiger partial charge in [-0.2, -0.15) is 0 Å². The Labute approximate surface area is 107 Å². The highest BCUT2D eigenvalue weighted by Crippen LogP contribution is 2.06. The number of nitrogens with two attached hydrogens (primary N) is 1. The van der Waals surface area contributed by atoms with Crippen LogP contribution in [0.5, 0.6) is 0 Å². The van der Waals surface area contributed by atoms with E-state index < -0.39 is 0 Å². The standard InChI is InChI=1S/C14H18N4/c15-7-10-18(11-13-5-2-1-3-6-13)12-14-16-8-4-9-17-14/h1-6,8-9H,7,10-12,15H2. The lowest BCUT2D eigenvalue weighted by atomic mass is 10.2. The van der Waals surface area contributed by atoms with Crippen LogP contribution in [0.2, 0.25) is 0 Å². The summed E-state index contributed by atoms with van der Waals surface area (Å²) in [7, 11) is 0. The molecule has 0 aliphatic rings. The third-order valence-corrected chi connectivity index (χ3v) is 2.68. The Morgan fingerprint density at radius 2 is 1.67 bits per heavy atom. The fourth-order valence-corrected chi connectivity index (χ4v) is 1.85. The van der Waals surface area contributed by atoms with Crippen LogP contribution in [0, 0.1) is 0 Å². The zero-order chi connectivity index (χ0) is 12.6. The maximum Gasteiger partial charge on any atom is 0.142 e. The van der Waals surface area contributed by atoms with Crippen LogP contribution in [0.1, 0.15) is 11.4 Å². The quantitative estimate of drug-likeness (QED) is 0.832. The monoisotopic (exact) mass is 242 g/mol. The maximum absolute atomic E-state index is 5.65. The van der Waals surface area contributed by atoms with Gasteiger partial charge >= 0.3 is 0 Å². The van der Waals surface area contributed by atoms with Crippen molar-refractivity contribution in [3.63, 3.8) is 0 Å². The molecule has 0 radical (unpaired) electrons. The lowest BCUT2D eigenvalue weighted by Gasteiger charge is -2.20. The van der Waals surface area contributed by atoms with Crippen molar-refractivity contribution >= 4 is 0 Å². The first-order valence-corrected chi connectivity index (χ1v) is 6.11. The largest absolute Gasteiger partial charge is 0.329 e. The minimum atomic E-state index is 0.639. The van der Waals surface area contributed by atoms with Crippen molar-refractivity contribution in [3.05, 3.63) is 60.2 Å². The van der Waals surface area contributed by atoms with E-state index in [9.17, 15) is 0 Å². The second-order valence-electron chi connectivity index (χ2n) is 4.15. The number of hydrogen-bond acceptors (Lipinski definition) is 4. The molecule has 2 N–H and O–H groups in total. The Morgan fingerprint density at radius 1 is 0.944 bits per heavy atom. The first-order valence-electron chi connectivity index (χ1n) is 6.11. The Morgan fingerprint density at radius 3 is 2.33 bits per heavy atom. The second kappa shape index (κ2) is 6.83. The van der Waals surface area contributed by atoms with Crippen molar-refractivity contribution < 1.29 is 0 Å². The number of nitrogens with zero attached hydrogens (tertiary/aromatic N) is 3. The van der Waals surface area contributed by atoms with Crippen molar-refractivity contribution in [1.29, 1.82) is 0 Å². The van der Waals surface area contributed by atoms with Crippen molar-refractivity contribution in [2.75, 3.05) is 13.1 Å². The van der Waals surface area contributed by atoms with Crippen LogP contribution in [-0.4, -0.2) is 28.0 Å². The van der Waals surface area contributed by atoms with E-state index in [1.807, 2.05) is 12.1 Å². The SMILES string of the molecule is NCCN(Cc1ccccc1)Cc1ncccn1. The van der Waals surface area contributed by atoms with Gasteiger partial charge in [-0.3, -0.25) is 4.90 Å². The predicted molar refractivity (Wildman–Crippen MR) is 71.6 cm³/mol. The van der Waals surface area contributed by atoms with E-state index in [1.54, 1.807) is 12.4 Å². The van der Waals surface area contributed by atoms with Crippen LogP contribution in [0.15, 0.2) is 48.8 Å². The van der Waals surface area contributed by atoms with Crippen LogP contribution in [0.3, 0.4) is 0 Å². The minimum Gasteiger partial charge on any atom is -0.329 e. The molecule has 1 aromatic heterocycles. The Balaban J connectivity index is 2.00. The third kappa shape index (κ3) is 3.91. The zero-order valence-electron chi connectivity index (χ0n) is 10.4. The molecule has 0 aliphatic heterocycles. The molecule has 18 heavy (non-hydrogen) atoms. The van der Waals surface area contributed by atoms with Gasteiger partial charge in [-0.15, -0.1) is 0 Å². The number of hydrogen-bond donors (Lipinski definition) is 1. The van der Waals surface area contributed by atoms with Gasteiger partial charge in [0.2, 0.25) is 0 Å². The normalized spacial score (nSPS) is 10.8. The summed E-state index contributed by atoms with van der Waals surface area (Å²) in [5, 5.41) is 0. The molecule has 0 aliphatic carbocycles. The highest BCUT2D eigenvalue weighted by molar-refractivity contribution is 5.14. The topological polar surface area (TPSA) is 55.0 Å².